The highest BCUT2D eigenvalue weighted by Crippen LogP contribution is 2.59. The Hall–Kier alpha value is -4.73. The third-order valence-corrected chi connectivity index (χ3v) is 10.6. The van der Waals surface area contributed by atoms with Gasteiger partial charge in [-0.1, -0.05) is 91.9 Å². The summed E-state index contributed by atoms with van der Waals surface area (Å²) in [4.78, 5) is 49.9. The average Bonchev–Trinajstić information content (AvgIpc) is 3.43. The van der Waals surface area contributed by atoms with E-state index in [1.165, 1.54) is 0 Å². The molecule has 254 valence electrons. The number of amides is 3. The first kappa shape index (κ1) is 32.8. The largest absolute Gasteiger partial charge is 0.494 e. The first-order valence-electron chi connectivity index (χ1n) is 17.2. The highest BCUT2D eigenvalue weighted by molar-refractivity contribution is 6.04. The van der Waals surface area contributed by atoms with Crippen LogP contribution in [0.15, 0.2) is 109 Å². The number of anilines is 1. The summed E-state index contributed by atoms with van der Waals surface area (Å²) >= 11 is 0. The molecule has 0 saturated carbocycles. The molecule has 4 aliphatic rings. The van der Waals surface area contributed by atoms with Crippen LogP contribution >= 0.6 is 0 Å². The van der Waals surface area contributed by atoms with E-state index < -0.39 is 35.1 Å². The third kappa shape index (κ3) is 5.55. The van der Waals surface area contributed by atoms with Crippen LogP contribution in [0.1, 0.15) is 31.4 Å². The normalized spacial score (nSPS) is 28.2. The number of ether oxygens (including phenoxy) is 2. The minimum Gasteiger partial charge on any atom is -0.494 e. The SMILES string of the molecule is CCOc1ccc(N2CC=C[C@]3(CC)O[C@]45C=CCN(Cc6ccccc6)C(=O)C4N([C@@H](CO)Cc4ccccc4)C(=O)[C@@H]5[C@@H]3C2=O)cc1. The van der Waals surface area contributed by atoms with Crippen LogP contribution in [-0.2, 0) is 32.1 Å². The second-order valence-corrected chi connectivity index (χ2v) is 13.3. The van der Waals surface area contributed by atoms with Crippen molar-refractivity contribution in [2.24, 2.45) is 11.8 Å². The first-order chi connectivity index (χ1) is 23.9. The summed E-state index contributed by atoms with van der Waals surface area (Å²) in [6, 6.07) is 25.0. The number of carbonyl (C=O) groups excluding carboxylic acids is 3. The molecule has 0 bridgehead atoms. The van der Waals surface area contributed by atoms with Crippen LogP contribution in [0.3, 0.4) is 0 Å². The van der Waals surface area contributed by atoms with Gasteiger partial charge in [0.15, 0.2) is 0 Å². The molecule has 49 heavy (non-hydrogen) atoms. The molecular weight excluding hydrogens is 618 g/mol. The number of carbonyl (C=O) groups is 3. The second kappa shape index (κ2) is 13.3. The molecule has 2 fully saturated rings. The minimum atomic E-state index is -1.42. The van der Waals surface area contributed by atoms with Crippen molar-refractivity contribution in [2.75, 3.05) is 31.2 Å². The van der Waals surface area contributed by atoms with E-state index in [4.69, 9.17) is 9.47 Å². The number of rotatable bonds is 10. The number of aliphatic hydroxyl groups is 1. The van der Waals surface area contributed by atoms with E-state index >= 15 is 4.79 Å². The molecule has 4 heterocycles. The Morgan fingerprint density at radius 1 is 0.816 bits per heavy atom. The molecule has 2 saturated heterocycles. The van der Waals surface area contributed by atoms with Crippen molar-refractivity contribution in [3.05, 3.63) is 120 Å². The first-order valence-corrected chi connectivity index (χ1v) is 17.2. The van der Waals surface area contributed by atoms with Crippen molar-refractivity contribution in [1.29, 1.82) is 0 Å². The van der Waals surface area contributed by atoms with Gasteiger partial charge in [-0.2, -0.15) is 0 Å². The molecule has 1 unspecified atom stereocenters. The molecule has 3 aromatic rings. The van der Waals surface area contributed by atoms with E-state index in [1.54, 1.807) is 14.7 Å². The summed E-state index contributed by atoms with van der Waals surface area (Å²) < 4.78 is 12.8. The van der Waals surface area contributed by atoms with Crippen LogP contribution < -0.4 is 9.64 Å². The van der Waals surface area contributed by atoms with Gasteiger partial charge in [0.25, 0.3) is 0 Å². The van der Waals surface area contributed by atoms with Crippen LogP contribution in [-0.4, -0.2) is 82.2 Å². The molecule has 3 aromatic carbocycles. The van der Waals surface area contributed by atoms with Crippen LogP contribution in [0.4, 0.5) is 5.69 Å². The van der Waals surface area contributed by atoms with Gasteiger partial charge in [-0.3, -0.25) is 14.4 Å². The molecule has 0 radical (unpaired) electrons. The van der Waals surface area contributed by atoms with Crippen LogP contribution in [0.2, 0.25) is 0 Å². The number of nitrogens with zero attached hydrogens (tertiary/aromatic N) is 3. The number of benzene rings is 3. The predicted octanol–water partition coefficient (Wildman–Crippen LogP) is 4.55. The maximum absolute atomic E-state index is 15.1. The number of likely N-dealkylation sites (tertiary alicyclic amines) is 1. The summed E-state index contributed by atoms with van der Waals surface area (Å²) in [6.07, 6.45) is 8.41. The smallest absolute Gasteiger partial charge is 0.249 e. The van der Waals surface area contributed by atoms with Gasteiger partial charge in [0, 0.05) is 25.3 Å². The van der Waals surface area contributed by atoms with Crippen molar-refractivity contribution in [2.45, 2.75) is 56.5 Å². The molecule has 0 aliphatic carbocycles. The molecule has 9 nitrogen and oxygen atoms in total. The summed E-state index contributed by atoms with van der Waals surface area (Å²) in [6.45, 7) is 5.02. The van der Waals surface area contributed by atoms with E-state index in [0.717, 1.165) is 11.1 Å². The topological polar surface area (TPSA) is 99.6 Å². The van der Waals surface area contributed by atoms with Gasteiger partial charge in [0.05, 0.1) is 36.7 Å². The van der Waals surface area contributed by atoms with E-state index in [-0.39, 0.29) is 24.3 Å². The third-order valence-electron chi connectivity index (χ3n) is 10.6. The van der Waals surface area contributed by atoms with Gasteiger partial charge >= 0.3 is 0 Å². The number of aliphatic hydroxyl groups excluding tert-OH is 1. The summed E-state index contributed by atoms with van der Waals surface area (Å²) in [5.41, 5.74) is 0.0320. The fourth-order valence-electron chi connectivity index (χ4n) is 8.34. The molecule has 1 spiro atoms. The van der Waals surface area contributed by atoms with Gasteiger partial charge in [-0.15, -0.1) is 0 Å². The van der Waals surface area contributed by atoms with Crippen molar-refractivity contribution in [1.82, 2.24) is 9.80 Å². The van der Waals surface area contributed by atoms with Gasteiger partial charge < -0.3 is 29.3 Å². The lowest BCUT2D eigenvalue weighted by Gasteiger charge is -2.41. The zero-order chi connectivity index (χ0) is 34.2. The number of hydrogen-bond donors (Lipinski definition) is 1. The Morgan fingerprint density at radius 2 is 1.49 bits per heavy atom. The lowest BCUT2D eigenvalue weighted by atomic mass is 9.73. The summed E-state index contributed by atoms with van der Waals surface area (Å²) in [7, 11) is 0. The standard InChI is InChI=1S/C40H43N3O6/c1-3-39-21-11-24-42(30-17-19-32(20-18-30)48-4-2)36(45)33(39)34-37(46)43(31(27-44)25-28-13-7-5-8-14-28)35-38(47)41(23-12-22-40(34,35)49-39)26-29-15-9-6-10-16-29/h5-22,31,33-35,44H,3-4,23-27H2,1-2H3/t31-,33-,34+,35?,39+,40+/m1/s1. The van der Waals surface area contributed by atoms with Gasteiger partial charge in [0.1, 0.15) is 17.4 Å². The summed E-state index contributed by atoms with van der Waals surface area (Å²) in [5, 5.41) is 10.9. The predicted molar refractivity (Wildman–Crippen MR) is 186 cm³/mol. The fourth-order valence-corrected chi connectivity index (χ4v) is 8.34. The van der Waals surface area contributed by atoms with Crippen LogP contribution in [0.5, 0.6) is 5.75 Å². The minimum absolute atomic E-state index is 0.235. The van der Waals surface area contributed by atoms with Crippen molar-refractivity contribution < 1.29 is 29.0 Å². The van der Waals surface area contributed by atoms with E-state index in [1.807, 2.05) is 123 Å². The Kier molecular flexibility index (Phi) is 8.90. The Balaban J connectivity index is 1.33. The molecule has 0 aromatic heterocycles. The Bertz CT molecular complexity index is 1740. The zero-order valence-corrected chi connectivity index (χ0v) is 28.0. The van der Waals surface area contributed by atoms with Crippen molar-refractivity contribution in [3.63, 3.8) is 0 Å². The fraction of sp³-hybridized carbons (Fsp3) is 0.375. The quantitative estimate of drug-likeness (QED) is 0.320. The summed E-state index contributed by atoms with van der Waals surface area (Å²) in [5.74, 6) is -2.04. The molecular formula is C40H43N3O6. The maximum atomic E-state index is 15.1. The lowest BCUT2D eigenvalue weighted by molar-refractivity contribution is -0.155. The number of hydrogen-bond acceptors (Lipinski definition) is 6. The second-order valence-electron chi connectivity index (χ2n) is 13.3. The molecule has 1 N–H and O–H groups in total. The maximum Gasteiger partial charge on any atom is 0.249 e. The molecule has 9 heteroatoms. The Morgan fingerprint density at radius 3 is 2.14 bits per heavy atom. The highest BCUT2D eigenvalue weighted by Gasteiger charge is 2.76. The monoisotopic (exact) mass is 661 g/mol. The zero-order valence-electron chi connectivity index (χ0n) is 28.0. The van der Waals surface area contributed by atoms with E-state index in [0.29, 0.717) is 50.5 Å². The number of fused-ring (bicyclic) bond motifs is 2. The Labute approximate surface area is 287 Å². The average molecular weight is 662 g/mol. The van der Waals surface area contributed by atoms with Crippen LogP contribution in [0.25, 0.3) is 0 Å². The molecule has 4 aliphatic heterocycles. The molecule has 6 atom stereocenters. The van der Waals surface area contributed by atoms with E-state index in [2.05, 4.69) is 0 Å². The van der Waals surface area contributed by atoms with Gasteiger partial charge in [-0.25, -0.2) is 0 Å². The van der Waals surface area contributed by atoms with Gasteiger partial charge in [-0.05, 0) is 55.2 Å². The highest BCUT2D eigenvalue weighted by atomic mass is 16.5. The molecule has 7 rings (SSSR count). The van der Waals surface area contributed by atoms with Gasteiger partial charge in [0.2, 0.25) is 17.7 Å². The van der Waals surface area contributed by atoms with E-state index in [9.17, 15) is 14.7 Å². The lowest BCUT2D eigenvalue weighted by Crippen LogP contribution is -2.59. The van der Waals surface area contributed by atoms with Crippen molar-refractivity contribution >= 4 is 23.4 Å². The molecule has 3 amide bonds. The van der Waals surface area contributed by atoms with Crippen LogP contribution in [0, 0.1) is 11.8 Å². The van der Waals surface area contributed by atoms with Crippen molar-refractivity contribution in [3.8, 4) is 5.75 Å².